The summed E-state index contributed by atoms with van der Waals surface area (Å²) in [6, 6.07) is 14.6. The normalized spacial score (nSPS) is 17.3. The van der Waals surface area contributed by atoms with Crippen LogP contribution in [0.3, 0.4) is 0 Å². The van der Waals surface area contributed by atoms with E-state index in [-0.39, 0.29) is 29.1 Å². The van der Waals surface area contributed by atoms with Crippen molar-refractivity contribution < 1.29 is 27.1 Å². The van der Waals surface area contributed by atoms with Gasteiger partial charge in [-0.3, -0.25) is 4.79 Å². The summed E-state index contributed by atoms with van der Waals surface area (Å²) in [4.78, 5) is 18.0. The minimum atomic E-state index is -3.28. The number of sulfone groups is 1. The fourth-order valence-corrected chi connectivity index (χ4v) is 5.89. The molecular weight excluding hydrogens is 545 g/mol. The molecule has 3 aromatic carbocycles. The zero-order valence-electron chi connectivity index (χ0n) is 23.3. The van der Waals surface area contributed by atoms with Crippen LogP contribution in [0.2, 0.25) is 0 Å². The Balaban J connectivity index is 1.38. The van der Waals surface area contributed by atoms with Gasteiger partial charge in [-0.05, 0) is 55.8 Å². The highest BCUT2D eigenvalue weighted by Crippen LogP contribution is 2.46. The van der Waals surface area contributed by atoms with Crippen molar-refractivity contribution >= 4 is 26.8 Å². The molecule has 1 aliphatic rings. The number of halogens is 1. The number of rotatable bonds is 9. The molecule has 8 nitrogen and oxygen atoms in total. The van der Waals surface area contributed by atoms with Gasteiger partial charge in [0.1, 0.15) is 5.82 Å². The van der Waals surface area contributed by atoms with Crippen LogP contribution in [-0.4, -0.2) is 35.7 Å². The monoisotopic (exact) mass is 577 g/mol. The lowest BCUT2D eigenvalue weighted by atomic mass is 10.1. The molecule has 1 unspecified atom stereocenters. The van der Waals surface area contributed by atoms with E-state index in [2.05, 4.69) is 9.88 Å². The summed E-state index contributed by atoms with van der Waals surface area (Å²) in [6.45, 7) is 7.54. The second kappa shape index (κ2) is 11.0. The highest BCUT2D eigenvalue weighted by atomic mass is 32.2. The maximum absolute atomic E-state index is 15.0. The molecule has 2 atom stereocenters. The quantitative estimate of drug-likeness (QED) is 0.249. The van der Waals surface area contributed by atoms with E-state index in [1.165, 1.54) is 12.2 Å². The Hall–Kier alpha value is -4.18. The van der Waals surface area contributed by atoms with Gasteiger partial charge in [0.25, 0.3) is 5.91 Å². The summed E-state index contributed by atoms with van der Waals surface area (Å²) in [5.74, 6) is 1.25. The lowest BCUT2D eigenvalue weighted by molar-refractivity contribution is -0.146. The third kappa shape index (κ3) is 5.44. The van der Waals surface area contributed by atoms with Gasteiger partial charge in [-0.2, -0.15) is 4.39 Å². The Morgan fingerprint density at radius 3 is 2.56 bits per heavy atom. The second-order valence-electron chi connectivity index (χ2n) is 9.82. The van der Waals surface area contributed by atoms with Gasteiger partial charge in [0.2, 0.25) is 0 Å². The fourth-order valence-electron chi connectivity index (χ4n) is 5.00. The molecular formula is C31H32FN3O5S. The predicted molar refractivity (Wildman–Crippen MR) is 155 cm³/mol. The topological polar surface area (TPSA) is 99.5 Å². The van der Waals surface area contributed by atoms with Crippen molar-refractivity contribution in [2.45, 2.75) is 57.6 Å². The fraction of sp³-hybridized carbons (Fsp3) is 0.290. The summed E-state index contributed by atoms with van der Waals surface area (Å²) in [5.41, 5.74) is 3.48. The summed E-state index contributed by atoms with van der Waals surface area (Å²) in [5, 5.41) is 2.89. The molecule has 1 aliphatic heterocycles. The van der Waals surface area contributed by atoms with Crippen LogP contribution in [0.15, 0.2) is 77.7 Å². The van der Waals surface area contributed by atoms with Crippen molar-refractivity contribution in [1.29, 1.82) is 0 Å². The average molecular weight is 578 g/mol. The van der Waals surface area contributed by atoms with Crippen LogP contribution in [0.1, 0.15) is 61.0 Å². The van der Waals surface area contributed by atoms with Crippen LogP contribution in [0.5, 0.6) is 11.5 Å². The van der Waals surface area contributed by atoms with Crippen LogP contribution in [0, 0.1) is 0 Å². The number of nitrogens with one attached hydrogen (secondary N) is 1. The highest BCUT2D eigenvalue weighted by Gasteiger charge is 2.41. The summed E-state index contributed by atoms with van der Waals surface area (Å²) < 4.78 is 52.2. The van der Waals surface area contributed by atoms with E-state index in [1.807, 2.05) is 26.0 Å². The maximum Gasteiger partial charge on any atom is 0.430 e. The van der Waals surface area contributed by atoms with E-state index in [0.29, 0.717) is 29.0 Å². The number of fused-ring (bicyclic) bond motifs is 2. The maximum atomic E-state index is 15.0. The number of hydrogen-bond donors (Lipinski definition) is 1. The van der Waals surface area contributed by atoms with Crippen LogP contribution in [0.4, 0.5) is 4.39 Å². The molecule has 1 amide bonds. The van der Waals surface area contributed by atoms with Gasteiger partial charge in [-0.15, -0.1) is 0 Å². The number of aromatic nitrogens is 2. The van der Waals surface area contributed by atoms with Crippen molar-refractivity contribution in [3.8, 4) is 11.5 Å². The van der Waals surface area contributed by atoms with Gasteiger partial charge in [-0.25, -0.2) is 13.4 Å². The summed E-state index contributed by atoms with van der Waals surface area (Å²) in [7, 11) is -3.28. The number of nitrogens with zero attached hydrogens (tertiary/aromatic N) is 2. The minimum absolute atomic E-state index is 0.0322. The molecule has 2 heterocycles. The van der Waals surface area contributed by atoms with E-state index < -0.39 is 15.9 Å². The number of para-hydroxylation sites is 1. The Bertz CT molecular complexity index is 1750. The first-order valence-corrected chi connectivity index (χ1v) is 15.2. The van der Waals surface area contributed by atoms with Gasteiger partial charge in [0.15, 0.2) is 21.3 Å². The standard InChI is InChI=1S/C31H32FN3O5S/c1-5-17-31(32)39-27-10-8-9-24(29(27)40-31)20(4)35-26-16-13-22(18-25(26)34-28(35)6-2)30(36)33-19-21-11-14-23(15-12-21)41(37,38)7-3/h5,8-18,20H,6-7,19H2,1-4H3,(H,33,36)/b17-5+/t20-,31?/m1/s1. The molecule has 0 bridgehead atoms. The lowest BCUT2D eigenvalue weighted by Gasteiger charge is -2.20. The first-order valence-electron chi connectivity index (χ1n) is 13.5. The van der Waals surface area contributed by atoms with Crippen LogP contribution in [0.25, 0.3) is 11.0 Å². The lowest BCUT2D eigenvalue weighted by Crippen LogP contribution is -2.30. The summed E-state index contributed by atoms with van der Waals surface area (Å²) >= 11 is 0. The third-order valence-corrected chi connectivity index (χ3v) is 8.91. The molecule has 0 saturated heterocycles. The minimum Gasteiger partial charge on any atom is -0.419 e. The number of aryl methyl sites for hydroxylation is 1. The molecule has 0 saturated carbocycles. The molecule has 1 N–H and O–H groups in total. The molecule has 4 aromatic rings. The number of amides is 1. The Kier molecular flexibility index (Phi) is 7.61. The Morgan fingerprint density at radius 2 is 1.88 bits per heavy atom. The number of alkyl halides is 1. The van der Waals surface area contributed by atoms with Crippen molar-refractivity contribution in [2.75, 3.05) is 5.75 Å². The molecule has 0 radical (unpaired) electrons. The largest absolute Gasteiger partial charge is 0.430 e. The molecule has 0 spiro atoms. The van der Waals surface area contributed by atoms with E-state index in [1.54, 1.807) is 62.4 Å². The SMILES string of the molecule is C/C=C/C1(F)Oc2cccc([C@@H](C)n3c(CC)nc4cc(C(=O)NCc5ccc(S(=O)(=O)CC)cc5)ccc43)c2O1. The molecule has 41 heavy (non-hydrogen) atoms. The number of benzene rings is 3. The molecule has 0 fully saturated rings. The van der Waals surface area contributed by atoms with Gasteiger partial charge in [-0.1, -0.05) is 44.2 Å². The number of ether oxygens (including phenoxy) is 2. The molecule has 1 aromatic heterocycles. The smallest absolute Gasteiger partial charge is 0.419 e. The van der Waals surface area contributed by atoms with E-state index in [0.717, 1.165) is 22.5 Å². The van der Waals surface area contributed by atoms with Gasteiger partial charge < -0.3 is 19.4 Å². The second-order valence-corrected chi connectivity index (χ2v) is 12.1. The first-order chi connectivity index (χ1) is 19.6. The Labute approximate surface area is 238 Å². The van der Waals surface area contributed by atoms with Crippen molar-refractivity contribution in [1.82, 2.24) is 14.9 Å². The number of carbonyl (C=O) groups is 1. The van der Waals surface area contributed by atoms with E-state index in [9.17, 15) is 13.2 Å². The van der Waals surface area contributed by atoms with Gasteiger partial charge in [0, 0.05) is 30.2 Å². The third-order valence-electron chi connectivity index (χ3n) is 7.16. The Morgan fingerprint density at radius 1 is 1.12 bits per heavy atom. The van der Waals surface area contributed by atoms with Crippen LogP contribution < -0.4 is 14.8 Å². The van der Waals surface area contributed by atoms with E-state index in [4.69, 9.17) is 14.5 Å². The van der Waals surface area contributed by atoms with Crippen molar-refractivity contribution in [3.05, 3.63) is 95.3 Å². The van der Waals surface area contributed by atoms with Gasteiger partial charge in [0.05, 0.1) is 27.7 Å². The van der Waals surface area contributed by atoms with Crippen molar-refractivity contribution in [2.24, 2.45) is 0 Å². The average Bonchev–Trinajstić information content (AvgIpc) is 3.52. The van der Waals surface area contributed by atoms with Crippen molar-refractivity contribution in [3.63, 3.8) is 0 Å². The van der Waals surface area contributed by atoms with Crippen LogP contribution in [-0.2, 0) is 22.8 Å². The number of imidazole rings is 1. The molecule has 10 heteroatoms. The number of carbonyl (C=O) groups excluding carboxylic acids is 1. The first kappa shape index (κ1) is 28.4. The number of allylic oxidation sites excluding steroid dienone is 1. The molecule has 214 valence electrons. The van der Waals surface area contributed by atoms with E-state index >= 15 is 4.39 Å². The molecule has 5 rings (SSSR count). The summed E-state index contributed by atoms with van der Waals surface area (Å²) in [6.07, 6.45) is 3.41. The van der Waals surface area contributed by atoms with Crippen LogP contribution >= 0.6 is 0 Å². The zero-order chi connectivity index (χ0) is 29.4. The van der Waals surface area contributed by atoms with Gasteiger partial charge >= 0.3 is 6.04 Å². The predicted octanol–water partition coefficient (Wildman–Crippen LogP) is 5.90. The highest BCUT2D eigenvalue weighted by molar-refractivity contribution is 7.91. The number of hydrogen-bond acceptors (Lipinski definition) is 6. The molecule has 0 aliphatic carbocycles. The zero-order valence-corrected chi connectivity index (χ0v) is 24.2.